The Bertz CT molecular complexity index is 5300. The van der Waals surface area contributed by atoms with Gasteiger partial charge in [0.25, 0.3) is 0 Å². The van der Waals surface area contributed by atoms with Gasteiger partial charge >= 0.3 is 25.3 Å². The first-order valence-electron chi connectivity index (χ1n) is 44.8. The molecule has 0 spiro atoms. The summed E-state index contributed by atoms with van der Waals surface area (Å²) < 4.78 is 249. The minimum atomic E-state index is -4.64. The molecule has 0 fully saturated rings. The predicted octanol–water partition coefficient (Wildman–Crippen LogP) is 37.1. The van der Waals surface area contributed by atoms with Crippen molar-refractivity contribution in [3.05, 3.63) is 371 Å². The Labute approximate surface area is 823 Å². The molecule has 0 aliphatic rings. The molecule has 0 aliphatic heterocycles. The summed E-state index contributed by atoms with van der Waals surface area (Å²) >= 11 is 11.6. The van der Waals surface area contributed by atoms with Crippen molar-refractivity contribution in [2.45, 2.75) is 320 Å². The molecular formula is C113H141Cl2F19N2O3. The molecule has 2 aromatic heterocycles. The number of nitrogens with zero attached hydrogens (tertiary/aromatic N) is 2. The lowest BCUT2D eigenvalue weighted by Crippen LogP contribution is -2.25. The third-order valence-corrected chi connectivity index (χ3v) is 20.6. The van der Waals surface area contributed by atoms with Gasteiger partial charge in [-0.15, -0.1) is 13.2 Å². The van der Waals surface area contributed by atoms with E-state index in [1.54, 1.807) is 123 Å². The number of pyridine rings is 2. The molecule has 0 saturated heterocycles. The van der Waals surface area contributed by atoms with Crippen molar-refractivity contribution >= 4 is 23.2 Å². The second-order valence-electron chi connectivity index (χ2n) is 44.0. The third-order valence-electron chi connectivity index (χ3n) is 20.0. The average molecular weight is 2010 g/mol. The van der Waals surface area contributed by atoms with Crippen LogP contribution in [0.3, 0.4) is 0 Å². The van der Waals surface area contributed by atoms with Gasteiger partial charge in [0.1, 0.15) is 58.0 Å². The molecule has 2 heterocycles. The van der Waals surface area contributed by atoms with Crippen molar-refractivity contribution in [3.63, 3.8) is 0 Å². The second-order valence-corrected chi connectivity index (χ2v) is 44.9. The zero-order chi connectivity index (χ0) is 108. The lowest BCUT2D eigenvalue weighted by Gasteiger charge is -2.24. The maximum atomic E-state index is 13.3. The molecule has 768 valence electrons. The van der Waals surface area contributed by atoms with Crippen LogP contribution in [-0.2, 0) is 71.9 Å². The fraction of sp³-hybridized carbons (Fsp3) is 0.434. The van der Waals surface area contributed by atoms with E-state index in [1.807, 2.05) is 155 Å². The molecule has 11 rings (SSSR count). The monoisotopic (exact) mass is 2010 g/mol. The number of rotatable bonds is 3. The highest BCUT2D eigenvalue weighted by atomic mass is 35.5. The van der Waals surface area contributed by atoms with Crippen LogP contribution in [0.4, 0.5) is 83.4 Å². The van der Waals surface area contributed by atoms with E-state index in [0.717, 1.165) is 40.3 Å². The summed E-state index contributed by atoms with van der Waals surface area (Å²) in [5, 5.41) is 11.8. The Kier molecular flexibility index (Phi) is 47.6. The summed E-state index contributed by atoms with van der Waals surface area (Å²) in [5.74, 6) is -2.93. The SMILES string of the molecule is CC(C)(C)c1c(F)cccc1Cl.CC(C)(C)c1c(F)cccc1F.CC(C)(C)c1cc(Cl)ccc1F.CC(C)(C)c1cc(F)ccc1F.CC(C)(C)c1cc[n+]([O-])cc1.CC(C)(C)c1ccc(F)cc1C(F)(F)F.CC(C)(C)c1ccccc1F.CC(C)(C)c1ccccc1OC(F)(F)F.CC(C)(C)c1ccccc1OC(F)F.CC(C)(C)c1ccncc1C(F)(F)F.Cc1ccc(C(C)(C)C)cc1. The maximum Gasteiger partial charge on any atom is 0.573 e. The summed E-state index contributed by atoms with van der Waals surface area (Å²) in [6.07, 6.45) is -8.15. The van der Waals surface area contributed by atoms with Crippen LogP contribution >= 0.6 is 23.2 Å². The predicted molar refractivity (Wildman–Crippen MR) is 531 cm³/mol. The fourth-order valence-electron chi connectivity index (χ4n) is 12.9. The maximum absolute atomic E-state index is 13.3. The van der Waals surface area contributed by atoms with Gasteiger partial charge in [-0.1, -0.05) is 354 Å². The minimum Gasteiger partial charge on any atom is -0.619 e. The van der Waals surface area contributed by atoms with Crippen molar-refractivity contribution in [1.82, 2.24) is 4.98 Å². The Balaban J connectivity index is 0.000000766. The van der Waals surface area contributed by atoms with Gasteiger partial charge in [0.2, 0.25) is 0 Å². The number of aryl methyl sites for hydroxylation is 1. The highest BCUT2D eigenvalue weighted by Gasteiger charge is 2.39. The normalized spacial score (nSPS) is 12.1. The van der Waals surface area contributed by atoms with E-state index in [9.17, 15) is 88.6 Å². The Morgan fingerprint density at radius 2 is 0.626 bits per heavy atom. The van der Waals surface area contributed by atoms with Crippen LogP contribution in [0.2, 0.25) is 10.0 Å². The molecule has 0 atom stereocenters. The van der Waals surface area contributed by atoms with E-state index >= 15 is 0 Å². The molecule has 0 saturated carbocycles. The molecular weight excluding hydrogens is 1870 g/mol. The number of hydrogen-bond donors (Lipinski definition) is 0. The van der Waals surface area contributed by atoms with Crippen molar-refractivity contribution < 1.29 is 97.6 Å². The molecule has 11 aromatic rings. The summed E-state index contributed by atoms with van der Waals surface area (Å²) in [6, 6.07) is 53.5. The first kappa shape index (κ1) is 127. The Hall–Kier alpha value is -10.1. The van der Waals surface area contributed by atoms with Gasteiger partial charge in [0.15, 0.2) is 12.4 Å². The molecule has 9 aromatic carbocycles. The van der Waals surface area contributed by atoms with Gasteiger partial charge in [-0.05, 0) is 214 Å². The third kappa shape index (κ3) is 46.9. The van der Waals surface area contributed by atoms with Crippen LogP contribution in [0.5, 0.6) is 11.5 Å². The standard InChI is InChI=1S/C11H12F4.C11H13F3O.C11H14F2O.C11H16.2C10H12ClF.C10H12F3N.2C10H12F2.C10H13F.C9H13NO/c1-10(2,3)8-5-4-7(12)6-9(8)11(13,14)15;1-10(2,3)8-6-4-5-7-9(8)15-11(12,13)14;1-11(2,3)8-6-4-5-7-9(8)14-10(12)13;1-9-5-7-10(8-6-9)11(2,3)4;1-10(2,3)8-6-7(11)4-5-9(8)12;1-10(2,3)9-7(11)5-4-6-8(9)12;1-9(2,3)7-4-5-14-6-8(7)10(11,12)13;1-10(2,3)8-6-7(11)4-5-9(8)12;1-10(2,3)9-7(11)5-4-6-8(9)12;1-10(2,3)8-6-4-5-7-9(8)11;1-9(2,3)8-4-6-10(11)7-5-8/h4-6H,1-3H3;4-7H,1-3H3;4-7,10H,1-3H3;5-8H,1-4H3;2*4-6H,1-3H3;4-6H,1-3H3;2*4-6H,1-3H3;2*4-7H,1-3H3. The van der Waals surface area contributed by atoms with Gasteiger partial charge in [-0.3, -0.25) is 4.98 Å². The van der Waals surface area contributed by atoms with Crippen LogP contribution in [0.1, 0.15) is 306 Å². The van der Waals surface area contributed by atoms with Gasteiger partial charge in [-0.2, -0.15) is 39.9 Å². The lowest BCUT2D eigenvalue weighted by molar-refractivity contribution is -0.605. The number of alkyl halides is 11. The zero-order valence-corrected chi connectivity index (χ0v) is 88.1. The van der Waals surface area contributed by atoms with E-state index < -0.39 is 70.1 Å². The molecule has 0 amide bonds. The van der Waals surface area contributed by atoms with Crippen LogP contribution < -0.4 is 14.2 Å². The lowest BCUT2D eigenvalue weighted by atomic mass is 9.83. The molecule has 26 heteroatoms. The second kappa shape index (κ2) is 52.1. The molecule has 0 aliphatic carbocycles. The first-order chi connectivity index (χ1) is 62.6. The molecule has 0 N–H and O–H groups in total. The van der Waals surface area contributed by atoms with Crippen LogP contribution in [0, 0.1) is 58.7 Å². The number of hydrogen-bond acceptors (Lipinski definition) is 4. The molecule has 0 unspecified atom stereocenters. The smallest absolute Gasteiger partial charge is 0.573 e. The number of ether oxygens (including phenoxy) is 2. The van der Waals surface area contributed by atoms with Crippen molar-refractivity contribution in [3.8, 4) is 11.5 Å². The quantitative estimate of drug-likeness (QED) is 0.100. The minimum absolute atomic E-state index is 0.0919. The largest absolute Gasteiger partial charge is 0.619 e. The molecule has 0 bridgehead atoms. The van der Waals surface area contributed by atoms with Crippen molar-refractivity contribution in [1.29, 1.82) is 0 Å². The number of para-hydroxylation sites is 2. The zero-order valence-electron chi connectivity index (χ0n) is 86.6. The number of halogens is 21. The van der Waals surface area contributed by atoms with E-state index in [0.29, 0.717) is 38.4 Å². The van der Waals surface area contributed by atoms with E-state index in [4.69, 9.17) is 23.2 Å². The van der Waals surface area contributed by atoms with Crippen LogP contribution in [0.25, 0.3) is 0 Å². The van der Waals surface area contributed by atoms with Crippen molar-refractivity contribution in [2.24, 2.45) is 0 Å². The van der Waals surface area contributed by atoms with Gasteiger partial charge in [0, 0.05) is 45.7 Å². The molecule has 0 radical (unpaired) electrons. The summed E-state index contributed by atoms with van der Waals surface area (Å²) in [6.45, 7) is 62.7. The average Bonchev–Trinajstić information content (AvgIpc) is 0.823. The van der Waals surface area contributed by atoms with E-state index in [2.05, 4.69) is 87.2 Å². The van der Waals surface area contributed by atoms with Crippen LogP contribution in [-0.4, -0.2) is 18.0 Å². The molecule has 5 nitrogen and oxygen atoms in total. The summed E-state index contributed by atoms with van der Waals surface area (Å²) in [5.41, 5.74) is 4.06. The first-order valence-corrected chi connectivity index (χ1v) is 45.5. The number of benzene rings is 9. The van der Waals surface area contributed by atoms with Gasteiger partial charge in [0.05, 0.1) is 11.1 Å². The highest BCUT2D eigenvalue weighted by Crippen LogP contribution is 2.42. The number of aromatic nitrogens is 2. The summed E-state index contributed by atoms with van der Waals surface area (Å²) in [7, 11) is 0. The Morgan fingerprint density at radius 3 is 0.964 bits per heavy atom. The van der Waals surface area contributed by atoms with Crippen LogP contribution in [0.15, 0.2) is 231 Å². The Morgan fingerprint density at radius 1 is 0.295 bits per heavy atom. The topological polar surface area (TPSA) is 58.3 Å². The van der Waals surface area contributed by atoms with E-state index in [1.165, 1.54) is 102 Å². The summed E-state index contributed by atoms with van der Waals surface area (Å²) in [4.78, 5) is 3.51. The molecule has 139 heavy (non-hydrogen) atoms. The highest BCUT2D eigenvalue weighted by molar-refractivity contribution is 6.31. The van der Waals surface area contributed by atoms with Gasteiger partial charge in [-0.25, -0.2) is 35.1 Å². The van der Waals surface area contributed by atoms with E-state index in [-0.39, 0.29) is 101 Å². The van der Waals surface area contributed by atoms with Crippen molar-refractivity contribution in [2.75, 3.05) is 0 Å². The fourth-order valence-corrected chi connectivity index (χ4v) is 13.5. The van der Waals surface area contributed by atoms with Gasteiger partial charge < -0.3 is 14.7 Å².